The van der Waals surface area contributed by atoms with E-state index in [0.717, 1.165) is 16.9 Å². The van der Waals surface area contributed by atoms with Gasteiger partial charge in [0.15, 0.2) is 0 Å². The Bertz CT molecular complexity index is 1010. The van der Waals surface area contributed by atoms with Crippen LogP contribution in [0.1, 0.15) is 5.56 Å². The summed E-state index contributed by atoms with van der Waals surface area (Å²) in [5.41, 5.74) is 1.24. The van der Waals surface area contributed by atoms with Crippen molar-refractivity contribution < 1.29 is 8.42 Å². The largest absolute Gasteiger partial charge is 0.257 e. The number of nitrogens with one attached hydrogen (secondary N) is 1. The average Bonchev–Trinajstić information content (AvgIpc) is 2.98. The zero-order valence-corrected chi connectivity index (χ0v) is 16.3. The maximum atomic E-state index is 12.3. The quantitative estimate of drug-likeness (QED) is 0.606. The molecule has 0 bridgehead atoms. The van der Waals surface area contributed by atoms with Crippen LogP contribution in [-0.4, -0.2) is 18.6 Å². The topological polar surface area (TPSA) is 72.0 Å². The number of anilines is 1. The summed E-state index contributed by atoms with van der Waals surface area (Å²) in [6.07, 6.45) is 0. The molecule has 0 saturated heterocycles. The number of nitrogens with zero attached hydrogens (tertiary/aromatic N) is 2. The predicted molar refractivity (Wildman–Crippen MR) is 103 cm³/mol. The monoisotopic (exact) mass is 433 g/mol. The first-order valence-corrected chi connectivity index (χ1v) is 10.5. The zero-order chi connectivity index (χ0) is 18.0. The van der Waals surface area contributed by atoms with Gasteiger partial charge < -0.3 is 0 Å². The van der Waals surface area contributed by atoms with Crippen molar-refractivity contribution in [3.63, 3.8) is 0 Å². The highest BCUT2D eigenvalue weighted by molar-refractivity contribution is 7.92. The maximum absolute atomic E-state index is 12.3. The van der Waals surface area contributed by atoms with Gasteiger partial charge in [-0.25, -0.2) is 8.42 Å². The molecule has 0 atom stereocenters. The second-order valence-electron chi connectivity index (χ2n) is 5.02. The van der Waals surface area contributed by atoms with Crippen LogP contribution in [0.4, 0.5) is 5.13 Å². The Morgan fingerprint density at radius 1 is 0.960 bits per heavy atom. The highest BCUT2D eigenvalue weighted by Gasteiger charge is 2.17. The highest BCUT2D eigenvalue weighted by atomic mass is 35.5. The van der Waals surface area contributed by atoms with Crippen LogP contribution in [-0.2, 0) is 15.8 Å². The molecule has 3 rings (SSSR count). The van der Waals surface area contributed by atoms with Crippen molar-refractivity contribution in [1.29, 1.82) is 0 Å². The zero-order valence-electron chi connectivity index (χ0n) is 12.4. The van der Waals surface area contributed by atoms with E-state index in [1.165, 1.54) is 6.07 Å². The Balaban J connectivity index is 1.76. The standard InChI is InChI=1S/C15H10Cl3N3O2S2/c16-11-4-1-9(2-5-11)14-19-20-15(24-14)21-25(22,23)8-10-3-6-12(17)7-13(10)18/h1-7H,8H2,(H,20,21). The second kappa shape index (κ2) is 7.47. The van der Waals surface area contributed by atoms with E-state index in [1.54, 1.807) is 36.4 Å². The van der Waals surface area contributed by atoms with Gasteiger partial charge in [-0.05, 0) is 29.8 Å². The summed E-state index contributed by atoms with van der Waals surface area (Å²) >= 11 is 18.8. The fourth-order valence-electron chi connectivity index (χ4n) is 1.99. The summed E-state index contributed by atoms with van der Waals surface area (Å²) in [6.45, 7) is 0. The fourth-order valence-corrected chi connectivity index (χ4v) is 4.85. The third kappa shape index (κ3) is 4.83. The number of halogens is 3. The number of sulfonamides is 1. The van der Waals surface area contributed by atoms with E-state index < -0.39 is 10.0 Å². The van der Waals surface area contributed by atoms with E-state index in [9.17, 15) is 8.42 Å². The molecule has 1 heterocycles. The molecule has 1 aromatic heterocycles. The SMILES string of the molecule is O=S(=O)(Cc1ccc(Cl)cc1Cl)Nc1nnc(-c2ccc(Cl)cc2)s1. The molecular weight excluding hydrogens is 425 g/mol. The van der Waals surface area contributed by atoms with Gasteiger partial charge in [0.05, 0.1) is 5.75 Å². The van der Waals surface area contributed by atoms with Gasteiger partial charge in [-0.15, -0.1) is 10.2 Å². The van der Waals surface area contributed by atoms with Gasteiger partial charge in [0.1, 0.15) is 5.01 Å². The molecule has 0 aliphatic carbocycles. The van der Waals surface area contributed by atoms with Crippen LogP contribution in [0.3, 0.4) is 0 Å². The summed E-state index contributed by atoms with van der Waals surface area (Å²) in [5.74, 6) is -0.293. The smallest absolute Gasteiger partial charge is 0.238 e. The summed E-state index contributed by atoms with van der Waals surface area (Å²) < 4.78 is 27.0. The molecule has 1 N–H and O–H groups in total. The molecule has 25 heavy (non-hydrogen) atoms. The summed E-state index contributed by atoms with van der Waals surface area (Å²) in [7, 11) is -3.69. The third-order valence-corrected chi connectivity index (χ3v) is 6.17. The van der Waals surface area contributed by atoms with Gasteiger partial charge in [-0.3, -0.25) is 4.72 Å². The lowest BCUT2D eigenvalue weighted by Crippen LogP contribution is -2.15. The minimum atomic E-state index is -3.69. The van der Waals surface area contributed by atoms with Crippen molar-refractivity contribution in [1.82, 2.24) is 10.2 Å². The van der Waals surface area contributed by atoms with Crippen molar-refractivity contribution in [2.24, 2.45) is 0 Å². The van der Waals surface area contributed by atoms with Gasteiger partial charge in [0, 0.05) is 20.6 Å². The Kier molecular flexibility index (Phi) is 5.50. The second-order valence-corrected chi connectivity index (χ2v) is 9.00. The van der Waals surface area contributed by atoms with Gasteiger partial charge in [0.25, 0.3) is 0 Å². The molecular formula is C15H10Cl3N3O2S2. The number of aromatic nitrogens is 2. The van der Waals surface area contributed by atoms with Crippen LogP contribution in [0.15, 0.2) is 42.5 Å². The van der Waals surface area contributed by atoms with Gasteiger partial charge >= 0.3 is 0 Å². The molecule has 3 aromatic rings. The summed E-state index contributed by atoms with van der Waals surface area (Å²) in [4.78, 5) is 0. The molecule has 2 aromatic carbocycles. The predicted octanol–water partition coefficient (Wildman–Crippen LogP) is 5.11. The van der Waals surface area contributed by atoms with Crippen LogP contribution >= 0.6 is 46.1 Å². The molecule has 0 unspecified atom stereocenters. The molecule has 10 heteroatoms. The average molecular weight is 435 g/mol. The first-order valence-electron chi connectivity index (χ1n) is 6.86. The molecule has 0 aliphatic rings. The van der Waals surface area contributed by atoms with Crippen molar-refractivity contribution >= 4 is 61.3 Å². The number of rotatable bonds is 5. The molecule has 0 fully saturated rings. The van der Waals surface area contributed by atoms with Crippen molar-refractivity contribution in [3.8, 4) is 10.6 Å². The van der Waals surface area contributed by atoms with Crippen LogP contribution in [0.2, 0.25) is 15.1 Å². The minimum absolute atomic E-state index is 0.176. The fraction of sp³-hybridized carbons (Fsp3) is 0.0667. The van der Waals surface area contributed by atoms with E-state index in [2.05, 4.69) is 14.9 Å². The summed E-state index contributed by atoms with van der Waals surface area (Å²) in [5, 5.41) is 9.95. The van der Waals surface area contributed by atoms with Crippen molar-refractivity contribution in [3.05, 3.63) is 63.1 Å². The molecule has 0 radical (unpaired) electrons. The van der Waals surface area contributed by atoms with Crippen LogP contribution in [0, 0.1) is 0 Å². The Morgan fingerprint density at radius 3 is 2.32 bits per heavy atom. The molecule has 0 aliphatic heterocycles. The lowest BCUT2D eigenvalue weighted by atomic mass is 10.2. The Labute approximate surface area is 163 Å². The molecule has 0 saturated carbocycles. The van der Waals surface area contributed by atoms with E-state index >= 15 is 0 Å². The lowest BCUT2D eigenvalue weighted by Gasteiger charge is -2.06. The van der Waals surface area contributed by atoms with E-state index in [-0.39, 0.29) is 15.9 Å². The lowest BCUT2D eigenvalue weighted by molar-refractivity contribution is 0.600. The number of hydrogen-bond acceptors (Lipinski definition) is 5. The highest BCUT2D eigenvalue weighted by Crippen LogP contribution is 2.29. The molecule has 130 valence electrons. The van der Waals surface area contributed by atoms with Gasteiger partial charge in [-0.1, -0.05) is 64.3 Å². The number of hydrogen-bond donors (Lipinski definition) is 1. The van der Waals surface area contributed by atoms with Crippen molar-refractivity contribution in [2.75, 3.05) is 4.72 Å². The molecule has 0 spiro atoms. The van der Waals surface area contributed by atoms with Gasteiger partial charge in [-0.2, -0.15) is 0 Å². The Morgan fingerprint density at radius 2 is 1.64 bits per heavy atom. The Hall–Kier alpha value is -1.38. The summed E-state index contributed by atoms with van der Waals surface area (Å²) in [6, 6.07) is 11.7. The minimum Gasteiger partial charge on any atom is -0.257 e. The van der Waals surface area contributed by atoms with Crippen LogP contribution < -0.4 is 4.72 Å². The first kappa shape index (κ1) is 18.4. The normalized spacial score (nSPS) is 11.5. The first-order chi connectivity index (χ1) is 11.8. The van der Waals surface area contributed by atoms with E-state index in [4.69, 9.17) is 34.8 Å². The van der Waals surface area contributed by atoms with Crippen molar-refractivity contribution in [2.45, 2.75) is 5.75 Å². The van der Waals surface area contributed by atoms with Crippen LogP contribution in [0.25, 0.3) is 10.6 Å². The van der Waals surface area contributed by atoms with Gasteiger partial charge in [0.2, 0.25) is 15.2 Å². The third-order valence-electron chi connectivity index (χ3n) is 3.12. The van der Waals surface area contributed by atoms with E-state index in [1.807, 2.05) is 0 Å². The number of benzene rings is 2. The maximum Gasteiger partial charge on any atom is 0.238 e. The molecule has 5 nitrogen and oxygen atoms in total. The van der Waals surface area contributed by atoms with Crippen LogP contribution in [0.5, 0.6) is 0 Å². The molecule has 0 amide bonds. The van der Waals surface area contributed by atoms with E-state index in [0.29, 0.717) is 20.6 Å².